The molecule has 1 heterocycles. The minimum absolute atomic E-state index is 0.0360. The van der Waals surface area contributed by atoms with E-state index in [1.807, 2.05) is 0 Å². The monoisotopic (exact) mass is 338 g/mol. The van der Waals surface area contributed by atoms with Gasteiger partial charge in [0.25, 0.3) is 5.91 Å². The third-order valence-corrected chi connectivity index (χ3v) is 3.83. The molecule has 24 heavy (non-hydrogen) atoms. The average molecular weight is 338 g/mol. The van der Waals surface area contributed by atoms with Gasteiger partial charge in [0.15, 0.2) is 6.61 Å². The van der Waals surface area contributed by atoms with Gasteiger partial charge in [-0.3, -0.25) is 19.7 Å². The van der Waals surface area contributed by atoms with Crippen molar-refractivity contribution in [3.63, 3.8) is 0 Å². The number of hydrogen-bond acceptors (Lipinski definition) is 6. The highest BCUT2D eigenvalue weighted by molar-refractivity contribution is 5.79. The van der Waals surface area contributed by atoms with Gasteiger partial charge < -0.3 is 19.5 Å². The number of carbonyl (C=O) groups excluding carboxylic acids is 1. The van der Waals surface area contributed by atoms with Gasteiger partial charge in [-0.2, -0.15) is 0 Å². The van der Waals surface area contributed by atoms with E-state index in [1.54, 1.807) is 0 Å². The maximum absolute atomic E-state index is 12.1. The van der Waals surface area contributed by atoms with Gasteiger partial charge in [-0.1, -0.05) is 0 Å². The van der Waals surface area contributed by atoms with E-state index in [1.165, 1.54) is 30.2 Å². The molecule has 0 bridgehead atoms. The molecule has 9 nitrogen and oxygen atoms in total. The van der Waals surface area contributed by atoms with Crippen molar-refractivity contribution >= 4 is 17.6 Å². The molecule has 2 rings (SSSR count). The van der Waals surface area contributed by atoms with Gasteiger partial charge in [0, 0.05) is 25.2 Å². The maximum atomic E-state index is 12.1. The first-order valence-corrected chi connectivity index (χ1v) is 7.38. The minimum Gasteiger partial charge on any atom is -0.490 e. The number of carbonyl (C=O) groups is 2. The largest absolute Gasteiger partial charge is 0.490 e. The Balaban J connectivity index is 1.96. The summed E-state index contributed by atoms with van der Waals surface area (Å²) in [5, 5.41) is 19.9. The van der Waals surface area contributed by atoms with Crippen molar-refractivity contribution in [1.29, 1.82) is 0 Å². The van der Waals surface area contributed by atoms with Crippen LogP contribution in [0, 0.1) is 16.0 Å². The lowest BCUT2D eigenvalue weighted by molar-refractivity contribution is -0.385. The fraction of sp³-hybridized carbons (Fsp3) is 0.467. The van der Waals surface area contributed by atoms with E-state index in [4.69, 9.17) is 14.6 Å². The van der Waals surface area contributed by atoms with Gasteiger partial charge in [-0.15, -0.1) is 0 Å². The first-order chi connectivity index (χ1) is 11.4. The summed E-state index contributed by atoms with van der Waals surface area (Å²) in [6, 6.07) is 3.95. The molecule has 1 amide bonds. The Labute approximate surface area is 137 Å². The van der Waals surface area contributed by atoms with Crippen molar-refractivity contribution in [2.24, 2.45) is 5.92 Å². The van der Waals surface area contributed by atoms with Gasteiger partial charge in [0.1, 0.15) is 5.75 Å². The van der Waals surface area contributed by atoms with Crippen LogP contribution >= 0.6 is 0 Å². The van der Waals surface area contributed by atoms with Crippen LogP contribution in [-0.2, 0) is 9.59 Å². The number of nitro groups is 1. The third kappa shape index (κ3) is 4.12. The number of carboxylic acids is 1. The molecule has 1 aromatic rings. The van der Waals surface area contributed by atoms with Crippen LogP contribution in [0.3, 0.4) is 0 Å². The summed E-state index contributed by atoms with van der Waals surface area (Å²) < 4.78 is 10.3. The summed E-state index contributed by atoms with van der Waals surface area (Å²) in [6.45, 7) is 0.393. The van der Waals surface area contributed by atoms with Gasteiger partial charge in [-0.25, -0.2) is 0 Å². The van der Waals surface area contributed by atoms with Gasteiger partial charge >= 0.3 is 11.7 Å². The van der Waals surface area contributed by atoms with Crippen LogP contribution in [0.15, 0.2) is 18.2 Å². The maximum Gasteiger partial charge on any atom is 0.311 e. The molecular formula is C15H18N2O7. The van der Waals surface area contributed by atoms with Crippen molar-refractivity contribution in [1.82, 2.24) is 4.90 Å². The van der Waals surface area contributed by atoms with Crippen LogP contribution in [0.1, 0.15) is 12.8 Å². The second-order valence-electron chi connectivity index (χ2n) is 5.40. The van der Waals surface area contributed by atoms with Crippen molar-refractivity contribution in [3.8, 4) is 11.5 Å². The zero-order valence-electron chi connectivity index (χ0n) is 13.1. The molecule has 1 aliphatic heterocycles. The predicted molar refractivity (Wildman–Crippen MR) is 82.1 cm³/mol. The minimum atomic E-state index is -0.909. The molecule has 1 fully saturated rings. The molecule has 0 radical (unpaired) electrons. The molecule has 0 saturated carbocycles. The van der Waals surface area contributed by atoms with Crippen LogP contribution in [0.5, 0.6) is 11.5 Å². The fourth-order valence-electron chi connectivity index (χ4n) is 2.54. The second-order valence-corrected chi connectivity index (χ2v) is 5.40. The number of rotatable bonds is 6. The normalized spacial score (nSPS) is 17.2. The molecule has 1 atom stereocenters. The topological polar surface area (TPSA) is 119 Å². The number of hydrogen-bond donors (Lipinski definition) is 1. The first kappa shape index (κ1) is 17.5. The Kier molecular flexibility index (Phi) is 5.56. The molecule has 0 aromatic heterocycles. The molecule has 1 aromatic carbocycles. The van der Waals surface area contributed by atoms with Gasteiger partial charge in [0.2, 0.25) is 5.75 Å². The molecule has 1 saturated heterocycles. The Morgan fingerprint density at radius 2 is 2.21 bits per heavy atom. The lowest BCUT2D eigenvalue weighted by Gasteiger charge is -2.30. The lowest BCUT2D eigenvalue weighted by Crippen LogP contribution is -2.44. The highest BCUT2D eigenvalue weighted by atomic mass is 16.6. The van der Waals surface area contributed by atoms with Crippen LogP contribution in [0.25, 0.3) is 0 Å². The summed E-state index contributed by atoms with van der Waals surface area (Å²) in [4.78, 5) is 34.9. The summed E-state index contributed by atoms with van der Waals surface area (Å²) in [7, 11) is 1.30. The van der Waals surface area contributed by atoms with Gasteiger partial charge in [-0.05, 0) is 18.9 Å². The molecule has 1 aliphatic rings. The summed E-state index contributed by atoms with van der Waals surface area (Å²) >= 11 is 0. The van der Waals surface area contributed by atoms with Crippen molar-refractivity contribution < 1.29 is 29.1 Å². The van der Waals surface area contributed by atoms with E-state index in [9.17, 15) is 19.7 Å². The van der Waals surface area contributed by atoms with Crippen LogP contribution in [-0.4, -0.2) is 53.6 Å². The van der Waals surface area contributed by atoms with E-state index >= 15 is 0 Å². The lowest BCUT2D eigenvalue weighted by atomic mass is 9.98. The van der Waals surface area contributed by atoms with Crippen LogP contribution in [0.2, 0.25) is 0 Å². The van der Waals surface area contributed by atoms with Crippen molar-refractivity contribution in [3.05, 3.63) is 28.3 Å². The van der Waals surface area contributed by atoms with Crippen molar-refractivity contribution in [2.45, 2.75) is 12.8 Å². The molecule has 0 spiro atoms. The zero-order valence-corrected chi connectivity index (χ0v) is 13.1. The molecule has 1 unspecified atom stereocenters. The zero-order chi connectivity index (χ0) is 17.7. The summed E-state index contributed by atoms with van der Waals surface area (Å²) in [6.07, 6.45) is 1.19. The molecular weight excluding hydrogens is 320 g/mol. The van der Waals surface area contributed by atoms with E-state index in [0.717, 1.165) is 0 Å². The average Bonchev–Trinajstić information content (AvgIpc) is 2.59. The number of aliphatic carboxylic acids is 1. The quantitative estimate of drug-likeness (QED) is 0.613. The Morgan fingerprint density at radius 3 is 2.83 bits per heavy atom. The Morgan fingerprint density at radius 1 is 1.46 bits per heavy atom. The third-order valence-electron chi connectivity index (χ3n) is 3.83. The molecule has 130 valence electrons. The van der Waals surface area contributed by atoms with E-state index < -0.39 is 16.8 Å². The number of likely N-dealkylation sites (tertiary alicyclic amines) is 1. The molecule has 0 aliphatic carbocycles. The number of amides is 1. The van der Waals surface area contributed by atoms with E-state index in [-0.39, 0.29) is 36.2 Å². The summed E-state index contributed by atoms with van der Waals surface area (Å²) in [5.41, 5.74) is -0.198. The summed E-state index contributed by atoms with van der Waals surface area (Å²) in [5.74, 6) is -1.49. The van der Waals surface area contributed by atoms with E-state index in [2.05, 4.69) is 0 Å². The smallest absolute Gasteiger partial charge is 0.311 e. The highest BCUT2D eigenvalue weighted by Gasteiger charge is 2.28. The van der Waals surface area contributed by atoms with Crippen molar-refractivity contribution in [2.75, 3.05) is 26.8 Å². The Hall–Kier alpha value is -2.84. The number of nitrogens with zero attached hydrogens (tertiary/aromatic N) is 2. The predicted octanol–water partition coefficient (Wildman–Crippen LogP) is 1.31. The van der Waals surface area contributed by atoms with Crippen LogP contribution in [0.4, 0.5) is 5.69 Å². The fourth-order valence-corrected chi connectivity index (χ4v) is 2.54. The number of piperidine rings is 1. The number of methoxy groups -OCH3 is 1. The van der Waals surface area contributed by atoms with Crippen LogP contribution < -0.4 is 9.47 Å². The van der Waals surface area contributed by atoms with Gasteiger partial charge in [0.05, 0.1) is 18.0 Å². The standard InChI is InChI=1S/C15H18N2O7/c1-23-13-7-11(4-5-12(13)17(21)22)24-9-14(18)16-6-2-3-10(8-16)15(19)20/h4-5,7,10H,2-3,6,8-9H2,1H3,(H,19,20). The highest BCUT2D eigenvalue weighted by Crippen LogP contribution is 2.30. The number of nitro benzene ring substituents is 1. The number of carboxylic acid groups (broad SMARTS) is 1. The second kappa shape index (κ2) is 7.62. The first-order valence-electron chi connectivity index (χ1n) is 7.38. The van der Waals surface area contributed by atoms with E-state index in [0.29, 0.717) is 19.4 Å². The number of ether oxygens (including phenoxy) is 2. The molecule has 9 heteroatoms. The SMILES string of the molecule is COc1cc(OCC(=O)N2CCCC(C(=O)O)C2)ccc1[N+](=O)[O-]. The Bertz CT molecular complexity index is 647. The number of benzene rings is 1. The molecule has 1 N–H and O–H groups in total.